The number of aryl methyl sites for hydroxylation is 1. The zero-order chi connectivity index (χ0) is 12.4. The van der Waals surface area contributed by atoms with Gasteiger partial charge in [-0.1, -0.05) is 38.8 Å². The Kier molecular flexibility index (Phi) is 4.07. The van der Waals surface area contributed by atoms with Crippen LogP contribution in [0.15, 0.2) is 43.7 Å². The molecule has 0 bridgehead atoms. The molecule has 90 valence electrons. The van der Waals surface area contributed by atoms with Gasteiger partial charge < -0.3 is 9.52 Å². The van der Waals surface area contributed by atoms with Crippen LogP contribution in [0.25, 0.3) is 0 Å². The van der Waals surface area contributed by atoms with E-state index in [2.05, 4.69) is 31.9 Å². The molecule has 4 heteroatoms. The molecule has 2 rings (SSSR count). The lowest BCUT2D eigenvalue weighted by Crippen LogP contribution is -1.99. The van der Waals surface area contributed by atoms with E-state index in [1.807, 2.05) is 37.3 Å². The van der Waals surface area contributed by atoms with Gasteiger partial charge in [0.15, 0.2) is 0 Å². The van der Waals surface area contributed by atoms with E-state index in [4.69, 9.17) is 4.42 Å². The molecule has 2 aromatic rings. The molecule has 0 radical (unpaired) electrons. The highest BCUT2D eigenvalue weighted by Crippen LogP contribution is 2.31. The van der Waals surface area contributed by atoms with Crippen LogP contribution >= 0.6 is 31.9 Å². The first kappa shape index (κ1) is 12.9. The molecule has 0 aliphatic carbocycles. The standard InChI is InChI=1S/C13H12Br2O2/c1-2-9-4-6-12(17-9)13(16)10-7-8(14)3-5-11(10)15/h3-7,13,16H,2H2,1H3. The molecule has 0 saturated carbocycles. The SMILES string of the molecule is CCc1ccc(C(O)c2cc(Br)ccc2Br)o1. The Hall–Kier alpha value is -0.580. The number of rotatable bonds is 3. The summed E-state index contributed by atoms with van der Waals surface area (Å²) in [7, 11) is 0. The van der Waals surface area contributed by atoms with Gasteiger partial charge in [0, 0.05) is 20.9 Å². The smallest absolute Gasteiger partial charge is 0.138 e. The van der Waals surface area contributed by atoms with E-state index in [-0.39, 0.29) is 0 Å². The summed E-state index contributed by atoms with van der Waals surface area (Å²) in [5.74, 6) is 1.45. The van der Waals surface area contributed by atoms with Crippen LogP contribution in [-0.2, 0) is 6.42 Å². The highest BCUT2D eigenvalue weighted by atomic mass is 79.9. The molecule has 1 unspecified atom stereocenters. The van der Waals surface area contributed by atoms with Crippen molar-refractivity contribution in [3.8, 4) is 0 Å². The number of hydrogen-bond acceptors (Lipinski definition) is 2. The van der Waals surface area contributed by atoms with Gasteiger partial charge in [-0.15, -0.1) is 0 Å². The Morgan fingerprint density at radius 1 is 1.24 bits per heavy atom. The Bertz CT molecular complexity index is 520. The van der Waals surface area contributed by atoms with Gasteiger partial charge >= 0.3 is 0 Å². The third-order valence-corrected chi connectivity index (χ3v) is 3.77. The topological polar surface area (TPSA) is 33.4 Å². The average molecular weight is 360 g/mol. The average Bonchev–Trinajstić information content (AvgIpc) is 2.80. The lowest BCUT2D eigenvalue weighted by Gasteiger charge is -2.11. The van der Waals surface area contributed by atoms with Crippen molar-refractivity contribution in [1.29, 1.82) is 0 Å². The maximum absolute atomic E-state index is 10.3. The zero-order valence-corrected chi connectivity index (χ0v) is 12.5. The van der Waals surface area contributed by atoms with Crippen LogP contribution in [-0.4, -0.2) is 5.11 Å². The van der Waals surface area contributed by atoms with Gasteiger partial charge in [-0.3, -0.25) is 0 Å². The van der Waals surface area contributed by atoms with Crippen LogP contribution in [0.5, 0.6) is 0 Å². The van der Waals surface area contributed by atoms with Crippen molar-refractivity contribution < 1.29 is 9.52 Å². The summed E-state index contributed by atoms with van der Waals surface area (Å²) in [6, 6.07) is 9.40. The molecule has 17 heavy (non-hydrogen) atoms. The number of aliphatic hydroxyl groups excluding tert-OH is 1. The van der Waals surface area contributed by atoms with Gasteiger partial charge in [0.1, 0.15) is 17.6 Å². The van der Waals surface area contributed by atoms with Crippen LogP contribution in [0.2, 0.25) is 0 Å². The van der Waals surface area contributed by atoms with Crippen LogP contribution in [0.3, 0.4) is 0 Å². The number of furan rings is 1. The van der Waals surface area contributed by atoms with Crippen molar-refractivity contribution in [2.75, 3.05) is 0 Å². The molecule has 2 nitrogen and oxygen atoms in total. The van der Waals surface area contributed by atoms with E-state index in [0.29, 0.717) is 5.76 Å². The maximum atomic E-state index is 10.3. The second-order valence-electron chi connectivity index (χ2n) is 3.73. The molecule has 0 fully saturated rings. The second kappa shape index (κ2) is 5.38. The molecule has 0 saturated heterocycles. The molecule has 1 N–H and O–H groups in total. The Balaban J connectivity index is 2.35. The summed E-state index contributed by atoms with van der Waals surface area (Å²) in [6.07, 6.45) is 0.0778. The largest absolute Gasteiger partial charge is 0.463 e. The molecule has 0 aliphatic rings. The van der Waals surface area contributed by atoms with Gasteiger partial charge in [-0.05, 0) is 30.3 Å². The summed E-state index contributed by atoms with van der Waals surface area (Å²) >= 11 is 6.82. The minimum atomic E-state index is -0.748. The first-order valence-corrected chi connectivity index (χ1v) is 6.92. The van der Waals surface area contributed by atoms with Crippen LogP contribution in [0.4, 0.5) is 0 Å². The maximum Gasteiger partial charge on any atom is 0.138 e. The first-order valence-electron chi connectivity index (χ1n) is 5.33. The monoisotopic (exact) mass is 358 g/mol. The highest BCUT2D eigenvalue weighted by Gasteiger charge is 2.17. The minimum Gasteiger partial charge on any atom is -0.463 e. The number of aliphatic hydroxyl groups is 1. The van der Waals surface area contributed by atoms with Gasteiger partial charge in [-0.25, -0.2) is 0 Å². The molecule has 1 atom stereocenters. The quantitative estimate of drug-likeness (QED) is 0.878. The van der Waals surface area contributed by atoms with E-state index >= 15 is 0 Å². The predicted molar refractivity (Wildman–Crippen MR) is 74.0 cm³/mol. The van der Waals surface area contributed by atoms with E-state index in [0.717, 1.165) is 26.7 Å². The highest BCUT2D eigenvalue weighted by molar-refractivity contribution is 9.11. The lowest BCUT2D eigenvalue weighted by molar-refractivity contribution is 0.186. The summed E-state index contributed by atoms with van der Waals surface area (Å²) in [5.41, 5.74) is 0.788. The minimum absolute atomic E-state index is 0.570. The van der Waals surface area contributed by atoms with Crippen LogP contribution in [0, 0.1) is 0 Å². The summed E-state index contributed by atoms with van der Waals surface area (Å²) in [4.78, 5) is 0. The van der Waals surface area contributed by atoms with Gasteiger partial charge in [-0.2, -0.15) is 0 Å². The van der Waals surface area contributed by atoms with Crippen molar-refractivity contribution in [2.45, 2.75) is 19.4 Å². The third kappa shape index (κ3) is 2.81. The molecule has 1 aromatic heterocycles. The van der Waals surface area contributed by atoms with Gasteiger partial charge in [0.25, 0.3) is 0 Å². The van der Waals surface area contributed by atoms with Gasteiger partial charge in [0.2, 0.25) is 0 Å². The number of hydrogen-bond donors (Lipinski definition) is 1. The fraction of sp³-hybridized carbons (Fsp3) is 0.231. The molecule has 0 spiro atoms. The molecule has 0 amide bonds. The normalized spacial score (nSPS) is 12.7. The van der Waals surface area contributed by atoms with E-state index < -0.39 is 6.10 Å². The Morgan fingerprint density at radius 3 is 2.65 bits per heavy atom. The fourth-order valence-corrected chi connectivity index (χ4v) is 2.45. The van der Waals surface area contributed by atoms with Gasteiger partial charge in [0.05, 0.1) is 0 Å². The Morgan fingerprint density at radius 2 is 2.00 bits per heavy atom. The molecular formula is C13H12Br2O2. The first-order chi connectivity index (χ1) is 8.11. The van der Waals surface area contributed by atoms with Crippen molar-refractivity contribution in [3.63, 3.8) is 0 Å². The summed E-state index contributed by atoms with van der Waals surface area (Å²) < 4.78 is 7.35. The molecule has 0 aliphatic heterocycles. The number of halogens is 2. The van der Waals surface area contributed by atoms with E-state index in [1.165, 1.54) is 0 Å². The zero-order valence-electron chi connectivity index (χ0n) is 9.28. The van der Waals surface area contributed by atoms with Crippen molar-refractivity contribution >= 4 is 31.9 Å². The number of benzene rings is 1. The predicted octanol–water partition coefficient (Wildman–Crippen LogP) is 4.45. The molecule has 1 aromatic carbocycles. The van der Waals surface area contributed by atoms with Crippen molar-refractivity contribution in [3.05, 3.63) is 56.4 Å². The summed E-state index contributed by atoms with van der Waals surface area (Å²) in [6.45, 7) is 2.02. The fourth-order valence-electron chi connectivity index (χ4n) is 1.61. The van der Waals surface area contributed by atoms with Crippen LogP contribution < -0.4 is 0 Å². The van der Waals surface area contributed by atoms with Crippen molar-refractivity contribution in [2.24, 2.45) is 0 Å². The molecule has 1 heterocycles. The summed E-state index contributed by atoms with van der Waals surface area (Å²) in [5, 5.41) is 10.3. The lowest BCUT2D eigenvalue weighted by atomic mass is 10.1. The Labute approximate surface area is 117 Å². The third-order valence-electron chi connectivity index (χ3n) is 2.55. The van der Waals surface area contributed by atoms with E-state index in [9.17, 15) is 5.11 Å². The van der Waals surface area contributed by atoms with Crippen molar-refractivity contribution in [1.82, 2.24) is 0 Å². The van der Waals surface area contributed by atoms with E-state index in [1.54, 1.807) is 0 Å². The van der Waals surface area contributed by atoms with Crippen LogP contribution in [0.1, 0.15) is 30.1 Å². The second-order valence-corrected chi connectivity index (χ2v) is 5.50. The molecular weight excluding hydrogens is 348 g/mol.